The second-order valence-electron chi connectivity index (χ2n) is 6.09. The molecule has 0 N–H and O–H groups in total. The van der Waals surface area contributed by atoms with Crippen molar-refractivity contribution >= 4 is 23.4 Å². The van der Waals surface area contributed by atoms with E-state index in [1.54, 1.807) is 11.8 Å². The Morgan fingerprint density at radius 3 is 2.08 bits per heavy atom. The first-order valence-electron chi connectivity index (χ1n) is 8.84. The molecule has 26 heavy (non-hydrogen) atoms. The Kier molecular flexibility index (Phi) is 6.13. The normalized spacial score (nSPS) is 11.8. The van der Waals surface area contributed by atoms with Crippen LogP contribution in [-0.2, 0) is 4.79 Å². The van der Waals surface area contributed by atoms with Gasteiger partial charge in [0.1, 0.15) is 5.25 Å². The standard InChI is InChI=1S/C23H23NOS/c1-3-24(21-17-11-10-12-18(21)2)23(25)22(19-13-6-4-7-14-19)26-20-15-8-5-9-16-20/h4-17,22H,3H2,1-2H3. The van der Waals surface area contributed by atoms with E-state index >= 15 is 0 Å². The molecule has 0 saturated carbocycles. The van der Waals surface area contributed by atoms with E-state index in [0.29, 0.717) is 6.54 Å². The Labute approximate surface area is 159 Å². The molecule has 0 aliphatic heterocycles. The monoisotopic (exact) mass is 361 g/mol. The zero-order valence-electron chi connectivity index (χ0n) is 15.1. The smallest absolute Gasteiger partial charge is 0.244 e. The molecule has 1 unspecified atom stereocenters. The van der Waals surface area contributed by atoms with Gasteiger partial charge in [-0.05, 0) is 43.2 Å². The van der Waals surface area contributed by atoms with Crippen LogP contribution < -0.4 is 4.90 Å². The van der Waals surface area contributed by atoms with Crippen molar-refractivity contribution in [3.05, 3.63) is 96.1 Å². The zero-order valence-corrected chi connectivity index (χ0v) is 15.9. The molecular formula is C23H23NOS. The first-order valence-corrected chi connectivity index (χ1v) is 9.72. The number of rotatable bonds is 6. The van der Waals surface area contributed by atoms with E-state index in [1.165, 1.54) is 0 Å². The van der Waals surface area contributed by atoms with Crippen LogP contribution in [0.2, 0.25) is 0 Å². The van der Waals surface area contributed by atoms with Crippen LogP contribution in [0.3, 0.4) is 0 Å². The summed E-state index contributed by atoms with van der Waals surface area (Å²) in [6.45, 7) is 4.72. The zero-order chi connectivity index (χ0) is 18.4. The maximum absolute atomic E-state index is 13.5. The van der Waals surface area contributed by atoms with Crippen LogP contribution in [0.4, 0.5) is 5.69 Å². The van der Waals surface area contributed by atoms with Crippen LogP contribution in [0.1, 0.15) is 23.3 Å². The lowest BCUT2D eigenvalue weighted by Gasteiger charge is -2.27. The van der Waals surface area contributed by atoms with Crippen molar-refractivity contribution in [1.82, 2.24) is 0 Å². The Bertz CT molecular complexity index is 848. The van der Waals surface area contributed by atoms with Crippen molar-refractivity contribution < 1.29 is 4.79 Å². The lowest BCUT2D eigenvalue weighted by molar-refractivity contribution is -0.118. The molecule has 0 aromatic heterocycles. The molecular weight excluding hydrogens is 338 g/mol. The minimum absolute atomic E-state index is 0.113. The molecule has 3 aromatic rings. The fraction of sp³-hybridized carbons (Fsp3) is 0.174. The van der Waals surface area contributed by atoms with E-state index in [9.17, 15) is 4.79 Å². The highest BCUT2D eigenvalue weighted by Gasteiger charge is 2.27. The van der Waals surface area contributed by atoms with Crippen LogP contribution >= 0.6 is 11.8 Å². The summed E-state index contributed by atoms with van der Waals surface area (Å²) >= 11 is 1.60. The molecule has 0 bridgehead atoms. The van der Waals surface area contributed by atoms with Crippen molar-refractivity contribution in [3.63, 3.8) is 0 Å². The SMILES string of the molecule is CCN(C(=O)C(Sc1ccccc1)c1ccccc1)c1ccccc1C. The summed E-state index contributed by atoms with van der Waals surface area (Å²) in [6.07, 6.45) is 0. The van der Waals surface area contributed by atoms with Crippen molar-refractivity contribution in [2.24, 2.45) is 0 Å². The summed E-state index contributed by atoms with van der Waals surface area (Å²) in [5, 5.41) is -0.279. The molecule has 0 spiro atoms. The Balaban J connectivity index is 1.97. The largest absolute Gasteiger partial charge is 0.311 e. The van der Waals surface area contributed by atoms with E-state index < -0.39 is 0 Å². The summed E-state index contributed by atoms with van der Waals surface area (Å²) in [4.78, 5) is 16.5. The van der Waals surface area contributed by atoms with Crippen LogP contribution in [0.5, 0.6) is 0 Å². The first-order chi connectivity index (χ1) is 12.7. The van der Waals surface area contributed by atoms with E-state index in [1.807, 2.05) is 91.5 Å². The second-order valence-corrected chi connectivity index (χ2v) is 7.27. The van der Waals surface area contributed by atoms with Gasteiger partial charge < -0.3 is 4.90 Å². The number of hydrogen-bond acceptors (Lipinski definition) is 2. The Morgan fingerprint density at radius 2 is 1.46 bits per heavy atom. The molecule has 132 valence electrons. The van der Waals surface area contributed by atoms with Gasteiger partial charge in [0.2, 0.25) is 5.91 Å². The molecule has 3 aromatic carbocycles. The van der Waals surface area contributed by atoms with E-state index in [2.05, 4.69) is 12.1 Å². The third kappa shape index (κ3) is 4.17. The van der Waals surface area contributed by atoms with Gasteiger partial charge in [-0.25, -0.2) is 0 Å². The van der Waals surface area contributed by atoms with Gasteiger partial charge in [0, 0.05) is 17.1 Å². The van der Waals surface area contributed by atoms with Gasteiger partial charge in [0.25, 0.3) is 0 Å². The predicted molar refractivity (Wildman–Crippen MR) is 111 cm³/mol. The third-order valence-corrected chi connectivity index (χ3v) is 5.57. The summed E-state index contributed by atoms with van der Waals surface area (Å²) in [7, 11) is 0. The van der Waals surface area contributed by atoms with Gasteiger partial charge in [-0.2, -0.15) is 0 Å². The van der Waals surface area contributed by atoms with Crippen molar-refractivity contribution in [3.8, 4) is 0 Å². The molecule has 0 saturated heterocycles. The number of likely N-dealkylation sites (N-methyl/N-ethyl adjacent to an activating group) is 1. The topological polar surface area (TPSA) is 20.3 Å². The number of hydrogen-bond donors (Lipinski definition) is 0. The molecule has 0 aliphatic carbocycles. The number of carbonyl (C=O) groups is 1. The number of benzene rings is 3. The van der Waals surface area contributed by atoms with Gasteiger partial charge in [0.05, 0.1) is 0 Å². The number of para-hydroxylation sites is 1. The van der Waals surface area contributed by atoms with Crippen LogP contribution in [0.25, 0.3) is 0 Å². The number of nitrogens with zero attached hydrogens (tertiary/aromatic N) is 1. The Hall–Kier alpha value is -2.52. The molecule has 0 fully saturated rings. The predicted octanol–water partition coefficient (Wildman–Crippen LogP) is 5.88. The molecule has 3 rings (SSSR count). The van der Waals surface area contributed by atoms with E-state index in [4.69, 9.17) is 0 Å². The van der Waals surface area contributed by atoms with Crippen molar-refractivity contribution in [1.29, 1.82) is 0 Å². The fourth-order valence-corrected chi connectivity index (χ4v) is 4.08. The molecule has 0 heterocycles. The summed E-state index contributed by atoms with van der Waals surface area (Å²) in [5.41, 5.74) is 3.12. The highest BCUT2D eigenvalue weighted by Crippen LogP contribution is 2.38. The molecule has 0 radical (unpaired) electrons. The minimum atomic E-state index is -0.279. The maximum Gasteiger partial charge on any atom is 0.244 e. The Morgan fingerprint density at radius 1 is 0.885 bits per heavy atom. The van der Waals surface area contributed by atoms with E-state index in [0.717, 1.165) is 21.7 Å². The summed E-state index contributed by atoms with van der Waals surface area (Å²) < 4.78 is 0. The molecule has 3 heteroatoms. The number of amides is 1. The minimum Gasteiger partial charge on any atom is -0.311 e. The van der Waals surface area contributed by atoms with Crippen LogP contribution in [0.15, 0.2) is 89.8 Å². The van der Waals surface area contributed by atoms with Crippen molar-refractivity contribution in [2.45, 2.75) is 24.0 Å². The lowest BCUT2D eigenvalue weighted by atomic mass is 10.1. The average Bonchev–Trinajstić information content (AvgIpc) is 2.69. The first kappa shape index (κ1) is 18.3. The van der Waals surface area contributed by atoms with E-state index in [-0.39, 0.29) is 11.2 Å². The molecule has 2 nitrogen and oxygen atoms in total. The average molecular weight is 362 g/mol. The van der Waals surface area contributed by atoms with Gasteiger partial charge in [0.15, 0.2) is 0 Å². The highest BCUT2D eigenvalue weighted by molar-refractivity contribution is 8.00. The quantitative estimate of drug-likeness (QED) is 0.511. The van der Waals surface area contributed by atoms with Crippen LogP contribution in [0, 0.1) is 6.92 Å². The fourth-order valence-electron chi connectivity index (χ4n) is 2.98. The second kappa shape index (κ2) is 8.72. The van der Waals surface area contributed by atoms with Gasteiger partial charge in [-0.1, -0.05) is 66.7 Å². The summed E-state index contributed by atoms with van der Waals surface area (Å²) in [6, 6.07) is 28.2. The van der Waals surface area contributed by atoms with Crippen LogP contribution in [-0.4, -0.2) is 12.5 Å². The number of carbonyl (C=O) groups excluding carboxylic acids is 1. The molecule has 1 amide bonds. The number of aryl methyl sites for hydroxylation is 1. The van der Waals surface area contributed by atoms with Gasteiger partial charge >= 0.3 is 0 Å². The highest BCUT2D eigenvalue weighted by atomic mass is 32.2. The number of thioether (sulfide) groups is 1. The molecule has 1 atom stereocenters. The van der Waals surface area contributed by atoms with Gasteiger partial charge in [-0.3, -0.25) is 4.79 Å². The number of anilines is 1. The van der Waals surface area contributed by atoms with Gasteiger partial charge in [-0.15, -0.1) is 11.8 Å². The lowest BCUT2D eigenvalue weighted by Crippen LogP contribution is -2.34. The maximum atomic E-state index is 13.5. The van der Waals surface area contributed by atoms with Crippen molar-refractivity contribution in [2.75, 3.05) is 11.4 Å². The molecule has 0 aliphatic rings. The third-order valence-electron chi connectivity index (χ3n) is 4.31. The summed E-state index contributed by atoms with van der Waals surface area (Å²) in [5.74, 6) is 0.113.